The topological polar surface area (TPSA) is 75.4 Å². The Hall–Kier alpha value is -1.10. The third kappa shape index (κ3) is 7.15. The molecule has 3 N–H and O–H groups in total. The molecule has 0 fully saturated rings. The van der Waals surface area contributed by atoms with E-state index in [9.17, 15) is 9.59 Å². The number of nitrogens with zero attached hydrogens (tertiary/aromatic N) is 1. The summed E-state index contributed by atoms with van der Waals surface area (Å²) in [5.74, 6) is -0.232. The second-order valence-corrected chi connectivity index (χ2v) is 4.83. The van der Waals surface area contributed by atoms with Crippen molar-refractivity contribution in [3.05, 3.63) is 0 Å². The maximum atomic E-state index is 12.3. The molecule has 0 rings (SSSR count). The van der Waals surface area contributed by atoms with Crippen LogP contribution in [0.5, 0.6) is 0 Å². The lowest BCUT2D eigenvalue weighted by atomic mass is 10.0. The van der Waals surface area contributed by atoms with E-state index in [0.717, 1.165) is 25.7 Å². The Balaban J connectivity index is 4.51. The quantitative estimate of drug-likeness (QED) is 0.625. The number of hydrogen-bond donors (Lipinski definition) is 2. The number of rotatable bonds is 10. The van der Waals surface area contributed by atoms with Crippen LogP contribution in [0, 0.1) is 5.92 Å². The second kappa shape index (κ2) is 10.8. The SMILES string of the molecule is CCCNC(=O)CN(CCC)C(=O)C(CN)CCC. The minimum absolute atomic E-state index is 0.0119. The molecule has 2 amide bonds. The van der Waals surface area contributed by atoms with Gasteiger partial charge in [-0.1, -0.05) is 27.2 Å². The van der Waals surface area contributed by atoms with Crippen molar-refractivity contribution in [2.24, 2.45) is 11.7 Å². The number of hydrogen-bond acceptors (Lipinski definition) is 3. The Morgan fingerprint density at radius 1 is 1.16 bits per heavy atom. The van der Waals surface area contributed by atoms with E-state index in [4.69, 9.17) is 5.73 Å². The number of nitrogens with one attached hydrogen (secondary N) is 1. The Morgan fingerprint density at radius 2 is 1.84 bits per heavy atom. The largest absolute Gasteiger partial charge is 0.355 e. The first kappa shape index (κ1) is 17.9. The fourth-order valence-electron chi connectivity index (χ4n) is 1.98. The average molecular weight is 271 g/mol. The number of carbonyl (C=O) groups is 2. The van der Waals surface area contributed by atoms with E-state index in [2.05, 4.69) is 5.32 Å². The van der Waals surface area contributed by atoms with Crippen LogP contribution in [0.15, 0.2) is 0 Å². The standard InChI is InChI=1S/C14H29N3O2/c1-4-7-12(10-15)14(19)17(9-6-3)11-13(18)16-8-5-2/h12H,4-11,15H2,1-3H3,(H,16,18). The maximum Gasteiger partial charge on any atom is 0.239 e. The van der Waals surface area contributed by atoms with E-state index >= 15 is 0 Å². The molecular formula is C14H29N3O2. The Kier molecular flexibility index (Phi) is 10.2. The van der Waals surface area contributed by atoms with E-state index in [1.807, 2.05) is 20.8 Å². The van der Waals surface area contributed by atoms with Crippen molar-refractivity contribution >= 4 is 11.8 Å². The number of amides is 2. The molecule has 0 saturated carbocycles. The molecule has 0 aromatic carbocycles. The van der Waals surface area contributed by atoms with Gasteiger partial charge in [-0.05, 0) is 19.3 Å². The van der Waals surface area contributed by atoms with Crippen LogP contribution in [0.25, 0.3) is 0 Å². The molecular weight excluding hydrogens is 242 g/mol. The molecule has 0 heterocycles. The first-order valence-corrected chi connectivity index (χ1v) is 7.36. The Morgan fingerprint density at radius 3 is 2.32 bits per heavy atom. The molecule has 112 valence electrons. The fraction of sp³-hybridized carbons (Fsp3) is 0.857. The minimum Gasteiger partial charge on any atom is -0.355 e. The van der Waals surface area contributed by atoms with E-state index in [0.29, 0.717) is 19.6 Å². The Labute approximate surface area is 116 Å². The molecule has 5 heteroatoms. The summed E-state index contributed by atoms with van der Waals surface area (Å²) in [5, 5.41) is 2.80. The zero-order valence-corrected chi connectivity index (χ0v) is 12.6. The molecule has 0 aromatic heterocycles. The van der Waals surface area contributed by atoms with Gasteiger partial charge < -0.3 is 16.0 Å². The van der Waals surface area contributed by atoms with E-state index in [1.165, 1.54) is 0 Å². The van der Waals surface area contributed by atoms with Crippen molar-refractivity contribution in [3.8, 4) is 0 Å². The highest BCUT2D eigenvalue weighted by atomic mass is 16.2. The number of carbonyl (C=O) groups excluding carboxylic acids is 2. The van der Waals surface area contributed by atoms with Gasteiger partial charge in [-0.25, -0.2) is 0 Å². The molecule has 0 aliphatic carbocycles. The highest BCUT2D eigenvalue weighted by Crippen LogP contribution is 2.09. The molecule has 1 unspecified atom stereocenters. The van der Waals surface area contributed by atoms with Crippen LogP contribution >= 0.6 is 0 Å². The van der Waals surface area contributed by atoms with Crippen LogP contribution in [0.4, 0.5) is 0 Å². The molecule has 5 nitrogen and oxygen atoms in total. The predicted octanol–water partition coefficient (Wildman–Crippen LogP) is 1.13. The molecule has 0 aliphatic heterocycles. The van der Waals surface area contributed by atoms with Crippen molar-refractivity contribution in [3.63, 3.8) is 0 Å². The monoisotopic (exact) mass is 271 g/mol. The first-order chi connectivity index (χ1) is 9.10. The van der Waals surface area contributed by atoms with Crippen molar-refractivity contribution in [1.29, 1.82) is 0 Å². The van der Waals surface area contributed by atoms with Crippen LogP contribution in [0.3, 0.4) is 0 Å². The lowest BCUT2D eigenvalue weighted by molar-refractivity contribution is -0.139. The lowest BCUT2D eigenvalue weighted by Crippen LogP contribution is -2.45. The van der Waals surface area contributed by atoms with Gasteiger partial charge in [-0.3, -0.25) is 9.59 Å². The maximum absolute atomic E-state index is 12.3. The van der Waals surface area contributed by atoms with Gasteiger partial charge in [0, 0.05) is 19.6 Å². The second-order valence-electron chi connectivity index (χ2n) is 4.83. The van der Waals surface area contributed by atoms with E-state index in [1.54, 1.807) is 4.90 Å². The summed E-state index contributed by atoms with van der Waals surface area (Å²) in [6, 6.07) is 0. The zero-order chi connectivity index (χ0) is 14.7. The smallest absolute Gasteiger partial charge is 0.239 e. The van der Waals surface area contributed by atoms with Crippen LogP contribution in [-0.2, 0) is 9.59 Å². The van der Waals surface area contributed by atoms with Gasteiger partial charge in [0.15, 0.2) is 0 Å². The van der Waals surface area contributed by atoms with Crippen LogP contribution < -0.4 is 11.1 Å². The van der Waals surface area contributed by atoms with Crippen molar-refractivity contribution in [2.75, 3.05) is 26.2 Å². The van der Waals surface area contributed by atoms with Crippen LogP contribution in [-0.4, -0.2) is 42.9 Å². The summed E-state index contributed by atoms with van der Waals surface area (Å²) in [6.45, 7) is 7.80. The molecule has 0 aromatic rings. The summed E-state index contributed by atoms with van der Waals surface area (Å²) in [7, 11) is 0. The molecule has 19 heavy (non-hydrogen) atoms. The molecule has 0 aliphatic rings. The molecule has 0 saturated heterocycles. The van der Waals surface area contributed by atoms with Gasteiger partial charge >= 0.3 is 0 Å². The van der Waals surface area contributed by atoms with Crippen molar-refractivity contribution in [2.45, 2.75) is 46.5 Å². The van der Waals surface area contributed by atoms with Gasteiger partial charge in [0.05, 0.1) is 12.5 Å². The molecule has 0 spiro atoms. The predicted molar refractivity (Wildman–Crippen MR) is 77.6 cm³/mol. The summed E-state index contributed by atoms with van der Waals surface area (Å²) in [5.41, 5.74) is 5.66. The van der Waals surface area contributed by atoms with Gasteiger partial charge in [-0.2, -0.15) is 0 Å². The third-order valence-corrected chi connectivity index (χ3v) is 2.98. The summed E-state index contributed by atoms with van der Waals surface area (Å²) < 4.78 is 0. The van der Waals surface area contributed by atoms with Crippen molar-refractivity contribution < 1.29 is 9.59 Å². The normalized spacial score (nSPS) is 12.0. The molecule has 0 radical (unpaired) electrons. The lowest BCUT2D eigenvalue weighted by Gasteiger charge is -2.26. The van der Waals surface area contributed by atoms with Gasteiger partial charge in [0.25, 0.3) is 0 Å². The zero-order valence-electron chi connectivity index (χ0n) is 12.6. The molecule has 1 atom stereocenters. The third-order valence-electron chi connectivity index (χ3n) is 2.98. The average Bonchev–Trinajstić information content (AvgIpc) is 2.41. The van der Waals surface area contributed by atoms with Crippen LogP contribution in [0.2, 0.25) is 0 Å². The summed E-state index contributed by atoms with van der Waals surface area (Å²) in [4.78, 5) is 25.7. The highest BCUT2D eigenvalue weighted by molar-refractivity contribution is 5.86. The van der Waals surface area contributed by atoms with Gasteiger partial charge in [0.1, 0.15) is 0 Å². The minimum atomic E-state index is -0.157. The fourth-order valence-corrected chi connectivity index (χ4v) is 1.98. The summed E-state index contributed by atoms with van der Waals surface area (Å²) >= 11 is 0. The Bertz CT molecular complexity index is 269. The first-order valence-electron chi connectivity index (χ1n) is 7.36. The van der Waals surface area contributed by atoms with Crippen LogP contribution in [0.1, 0.15) is 46.5 Å². The van der Waals surface area contributed by atoms with Gasteiger partial charge in [0.2, 0.25) is 11.8 Å². The van der Waals surface area contributed by atoms with Crippen molar-refractivity contribution in [1.82, 2.24) is 10.2 Å². The highest BCUT2D eigenvalue weighted by Gasteiger charge is 2.23. The summed E-state index contributed by atoms with van der Waals surface area (Å²) in [6.07, 6.45) is 3.45. The van der Waals surface area contributed by atoms with Gasteiger partial charge in [-0.15, -0.1) is 0 Å². The molecule has 0 bridgehead atoms. The number of nitrogens with two attached hydrogens (primary N) is 1. The van der Waals surface area contributed by atoms with E-state index < -0.39 is 0 Å². The van der Waals surface area contributed by atoms with E-state index in [-0.39, 0.29) is 24.3 Å².